The van der Waals surface area contributed by atoms with Crippen LogP contribution in [0.25, 0.3) is 0 Å². The van der Waals surface area contributed by atoms with E-state index in [1.54, 1.807) is 0 Å². The average Bonchev–Trinajstić information content (AvgIpc) is 2.90. The Kier molecular flexibility index (Phi) is 5.68. The Hall–Kier alpha value is -2.66. The quantitative estimate of drug-likeness (QED) is 0.661. The van der Waals surface area contributed by atoms with Gasteiger partial charge >= 0.3 is 0 Å². The fourth-order valence-corrected chi connectivity index (χ4v) is 3.09. The molecule has 1 heterocycles. The van der Waals surface area contributed by atoms with Crippen LogP contribution in [0.2, 0.25) is 0 Å². The Morgan fingerprint density at radius 1 is 1.00 bits per heavy atom. The highest BCUT2D eigenvalue weighted by molar-refractivity contribution is 7.80. The highest BCUT2D eigenvalue weighted by Crippen LogP contribution is 2.21. The molecule has 0 saturated heterocycles. The van der Waals surface area contributed by atoms with Crippen LogP contribution in [0.3, 0.4) is 0 Å². The topological polar surface area (TPSA) is 41.9 Å². The fourth-order valence-electron chi connectivity index (χ4n) is 2.92. The van der Waals surface area contributed by atoms with Gasteiger partial charge in [0.1, 0.15) is 0 Å². The highest BCUT2D eigenvalue weighted by Gasteiger charge is 2.13. The number of thiocarbonyl (C=S) groups is 1. The first-order chi connectivity index (χ1) is 12.5. The molecule has 2 aromatic carbocycles. The number of nitrogens with one attached hydrogen (secondary N) is 2. The molecule has 0 amide bonds. The summed E-state index contributed by atoms with van der Waals surface area (Å²) in [6, 6.07) is 18.6. The standard InChI is InChI=1S/C21H24N4S/c1-15-9-7-8-12-19(15)14-25-17(3)20(16(2)24-25)23-21(26)22-13-18-10-5-4-6-11-18/h4-12H,13-14H2,1-3H3,(H2,22,23,26). The van der Waals surface area contributed by atoms with Crippen molar-refractivity contribution in [1.82, 2.24) is 15.1 Å². The van der Waals surface area contributed by atoms with E-state index in [2.05, 4.69) is 66.0 Å². The Bertz CT molecular complexity index is 900. The molecular formula is C21H24N4S. The summed E-state index contributed by atoms with van der Waals surface area (Å²) in [7, 11) is 0. The average molecular weight is 365 g/mol. The Labute approximate surface area is 160 Å². The molecule has 0 radical (unpaired) electrons. The normalized spacial score (nSPS) is 10.6. The molecule has 0 aliphatic carbocycles. The van der Waals surface area contributed by atoms with Gasteiger partial charge in [-0.1, -0.05) is 54.6 Å². The molecule has 0 atom stereocenters. The maximum absolute atomic E-state index is 5.45. The molecule has 1 aromatic heterocycles. The van der Waals surface area contributed by atoms with Gasteiger partial charge in [-0.2, -0.15) is 5.10 Å². The lowest BCUT2D eigenvalue weighted by Crippen LogP contribution is -2.28. The third kappa shape index (κ3) is 4.29. The predicted molar refractivity (Wildman–Crippen MR) is 111 cm³/mol. The summed E-state index contributed by atoms with van der Waals surface area (Å²) in [5, 5.41) is 11.9. The summed E-state index contributed by atoms with van der Waals surface area (Å²) in [6.45, 7) is 7.65. The Balaban J connectivity index is 1.68. The van der Waals surface area contributed by atoms with Gasteiger partial charge in [0.05, 0.1) is 23.6 Å². The minimum Gasteiger partial charge on any atom is -0.358 e. The molecule has 0 aliphatic rings. The van der Waals surface area contributed by atoms with Crippen LogP contribution in [0.1, 0.15) is 28.1 Å². The summed E-state index contributed by atoms with van der Waals surface area (Å²) in [4.78, 5) is 0. The van der Waals surface area contributed by atoms with Crippen LogP contribution in [-0.4, -0.2) is 14.9 Å². The van der Waals surface area contributed by atoms with Crippen molar-refractivity contribution in [1.29, 1.82) is 0 Å². The first-order valence-electron chi connectivity index (χ1n) is 8.72. The van der Waals surface area contributed by atoms with E-state index in [9.17, 15) is 0 Å². The van der Waals surface area contributed by atoms with Crippen LogP contribution in [0.4, 0.5) is 5.69 Å². The maximum atomic E-state index is 5.45. The largest absolute Gasteiger partial charge is 0.358 e. The maximum Gasteiger partial charge on any atom is 0.171 e. The molecule has 0 fully saturated rings. The lowest BCUT2D eigenvalue weighted by atomic mass is 10.1. The molecule has 0 saturated carbocycles. The van der Waals surface area contributed by atoms with Crippen molar-refractivity contribution >= 4 is 23.0 Å². The van der Waals surface area contributed by atoms with Gasteiger partial charge in [-0.3, -0.25) is 4.68 Å². The lowest BCUT2D eigenvalue weighted by Gasteiger charge is -2.12. The van der Waals surface area contributed by atoms with Crippen LogP contribution < -0.4 is 10.6 Å². The second-order valence-corrected chi connectivity index (χ2v) is 6.83. The molecule has 26 heavy (non-hydrogen) atoms. The van der Waals surface area contributed by atoms with Crippen LogP contribution in [0.5, 0.6) is 0 Å². The summed E-state index contributed by atoms with van der Waals surface area (Å²) < 4.78 is 2.03. The number of aromatic nitrogens is 2. The second kappa shape index (κ2) is 8.15. The third-order valence-electron chi connectivity index (χ3n) is 4.50. The molecule has 5 heteroatoms. The van der Waals surface area contributed by atoms with Gasteiger partial charge in [0.25, 0.3) is 0 Å². The van der Waals surface area contributed by atoms with Crippen molar-refractivity contribution in [3.63, 3.8) is 0 Å². The van der Waals surface area contributed by atoms with Gasteiger partial charge in [0.2, 0.25) is 0 Å². The van der Waals surface area contributed by atoms with Crippen molar-refractivity contribution in [2.45, 2.75) is 33.9 Å². The van der Waals surface area contributed by atoms with E-state index < -0.39 is 0 Å². The number of anilines is 1. The summed E-state index contributed by atoms with van der Waals surface area (Å²) in [6.07, 6.45) is 0. The number of aryl methyl sites for hydroxylation is 2. The minimum absolute atomic E-state index is 0.607. The van der Waals surface area contributed by atoms with Crippen LogP contribution in [0.15, 0.2) is 54.6 Å². The highest BCUT2D eigenvalue weighted by atomic mass is 32.1. The first-order valence-corrected chi connectivity index (χ1v) is 9.12. The molecular weight excluding hydrogens is 340 g/mol. The molecule has 2 N–H and O–H groups in total. The smallest absolute Gasteiger partial charge is 0.171 e. The van der Waals surface area contributed by atoms with Gasteiger partial charge in [-0.25, -0.2) is 0 Å². The van der Waals surface area contributed by atoms with Crippen molar-refractivity contribution in [2.75, 3.05) is 5.32 Å². The summed E-state index contributed by atoms with van der Waals surface area (Å²) in [5.74, 6) is 0. The van der Waals surface area contributed by atoms with Crippen LogP contribution >= 0.6 is 12.2 Å². The van der Waals surface area contributed by atoms with Crippen molar-refractivity contribution in [2.24, 2.45) is 0 Å². The molecule has 0 bridgehead atoms. The van der Waals surface area contributed by atoms with Gasteiger partial charge in [-0.05, 0) is 49.7 Å². The van der Waals surface area contributed by atoms with Crippen molar-refractivity contribution in [3.05, 3.63) is 82.7 Å². The number of hydrogen-bond donors (Lipinski definition) is 2. The third-order valence-corrected chi connectivity index (χ3v) is 4.74. The van der Waals surface area contributed by atoms with E-state index in [4.69, 9.17) is 12.2 Å². The van der Waals surface area contributed by atoms with Crippen LogP contribution in [-0.2, 0) is 13.1 Å². The first kappa shape index (κ1) is 18.1. The van der Waals surface area contributed by atoms with E-state index in [1.165, 1.54) is 16.7 Å². The predicted octanol–water partition coefficient (Wildman–Crippen LogP) is 4.34. The zero-order valence-electron chi connectivity index (χ0n) is 15.4. The number of rotatable bonds is 5. The van der Waals surface area contributed by atoms with E-state index in [0.717, 1.165) is 23.6 Å². The molecule has 3 rings (SSSR count). The van der Waals surface area contributed by atoms with Gasteiger partial charge < -0.3 is 10.6 Å². The SMILES string of the molecule is Cc1ccccc1Cn1nc(C)c(NC(=S)NCc2ccccc2)c1C. The molecule has 134 valence electrons. The van der Waals surface area contributed by atoms with E-state index >= 15 is 0 Å². The molecule has 3 aromatic rings. The fraction of sp³-hybridized carbons (Fsp3) is 0.238. The monoisotopic (exact) mass is 364 g/mol. The Morgan fingerprint density at radius 2 is 1.69 bits per heavy atom. The molecule has 0 unspecified atom stereocenters. The van der Waals surface area contributed by atoms with Gasteiger partial charge in [-0.15, -0.1) is 0 Å². The van der Waals surface area contributed by atoms with Gasteiger partial charge in [0, 0.05) is 6.54 Å². The summed E-state index contributed by atoms with van der Waals surface area (Å²) in [5.41, 5.74) is 6.74. The van der Waals surface area contributed by atoms with Crippen LogP contribution in [0, 0.1) is 20.8 Å². The molecule has 0 aliphatic heterocycles. The number of benzene rings is 2. The second-order valence-electron chi connectivity index (χ2n) is 6.42. The minimum atomic E-state index is 0.607. The Morgan fingerprint density at radius 3 is 2.42 bits per heavy atom. The van der Waals surface area contributed by atoms with E-state index in [0.29, 0.717) is 11.7 Å². The van der Waals surface area contributed by atoms with E-state index in [-0.39, 0.29) is 0 Å². The zero-order chi connectivity index (χ0) is 18.5. The number of nitrogens with zero attached hydrogens (tertiary/aromatic N) is 2. The lowest BCUT2D eigenvalue weighted by molar-refractivity contribution is 0.657. The van der Waals surface area contributed by atoms with Crippen molar-refractivity contribution < 1.29 is 0 Å². The zero-order valence-corrected chi connectivity index (χ0v) is 16.2. The van der Waals surface area contributed by atoms with Crippen molar-refractivity contribution in [3.8, 4) is 0 Å². The molecule has 0 spiro atoms. The molecule has 4 nitrogen and oxygen atoms in total. The number of hydrogen-bond acceptors (Lipinski definition) is 2. The van der Waals surface area contributed by atoms with Gasteiger partial charge in [0.15, 0.2) is 5.11 Å². The summed E-state index contributed by atoms with van der Waals surface area (Å²) >= 11 is 5.45. The van der Waals surface area contributed by atoms with E-state index in [1.807, 2.05) is 29.8 Å².